The van der Waals surface area contributed by atoms with Gasteiger partial charge >= 0.3 is 0 Å². The van der Waals surface area contributed by atoms with Crippen molar-refractivity contribution in [1.29, 1.82) is 0 Å². The summed E-state index contributed by atoms with van der Waals surface area (Å²) in [6, 6.07) is 5.32. The maximum absolute atomic E-state index is 13.1. The third-order valence-electron chi connectivity index (χ3n) is 2.60. The van der Waals surface area contributed by atoms with Gasteiger partial charge in [0.15, 0.2) is 0 Å². The highest BCUT2D eigenvalue weighted by molar-refractivity contribution is 9.09. The van der Waals surface area contributed by atoms with Gasteiger partial charge in [-0.2, -0.15) is 0 Å². The van der Waals surface area contributed by atoms with E-state index < -0.39 is 0 Å². The number of hydrogen-bond donors (Lipinski definition) is 1. The number of alkyl halides is 1. The van der Waals surface area contributed by atoms with E-state index in [1.807, 2.05) is 12.1 Å². The van der Waals surface area contributed by atoms with Crippen molar-refractivity contribution in [3.05, 3.63) is 35.1 Å². The summed E-state index contributed by atoms with van der Waals surface area (Å²) in [6.07, 6.45) is 0. The number of aryl methyl sites for hydroxylation is 1. The van der Waals surface area contributed by atoms with E-state index in [9.17, 15) is 4.39 Å². The molecule has 0 saturated heterocycles. The van der Waals surface area contributed by atoms with E-state index >= 15 is 0 Å². The van der Waals surface area contributed by atoms with Crippen LogP contribution in [0.4, 0.5) is 4.39 Å². The zero-order chi connectivity index (χ0) is 11.5. The molecule has 0 spiro atoms. The van der Waals surface area contributed by atoms with Crippen LogP contribution in [0.2, 0.25) is 0 Å². The molecule has 1 rings (SSSR count). The fourth-order valence-electron chi connectivity index (χ4n) is 1.53. The van der Waals surface area contributed by atoms with E-state index in [1.165, 1.54) is 0 Å². The Kier molecular flexibility index (Phi) is 4.29. The molecule has 0 fully saturated rings. The van der Waals surface area contributed by atoms with Gasteiger partial charge in [-0.1, -0.05) is 41.9 Å². The summed E-state index contributed by atoms with van der Waals surface area (Å²) in [7, 11) is 0. The molecule has 3 heteroatoms. The van der Waals surface area contributed by atoms with Crippen molar-refractivity contribution in [3.63, 3.8) is 0 Å². The highest BCUT2D eigenvalue weighted by atomic mass is 79.9. The Morgan fingerprint density at radius 1 is 1.40 bits per heavy atom. The number of halogens is 2. The van der Waals surface area contributed by atoms with Gasteiger partial charge in [0.1, 0.15) is 5.82 Å². The van der Waals surface area contributed by atoms with Crippen LogP contribution < -0.4 is 5.32 Å². The minimum atomic E-state index is -0.136. The van der Waals surface area contributed by atoms with Crippen molar-refractivity contribution < 1.29 is 4.39 Å². The Morgan fingerprint density at radius 3 is 2.60 bits per heavy atom. The van der Waals surface area contributed by atoms with E-state index in [0.717, 1.165) is 17.6 Å². The molecule has 0 aliphatic carbocycles. The number of rotatable bonds is 4. The van der Waals surface area contributed by atoms with Gasteiger partial charge in [-0.25, -0.2) is 4.39 Å². The molecule has 1 aromatic carbocycles. The Bertz CT molecular complexity index is 336. The number of hydrogen-bond acceptors (Lipinski definition) is 1. The molecule has 0 aliphatic rings. The lowest BCUT2D eigenvalue weighted by Gasteiger charge is -2.25. The van der Waals surface area contributed by atoms with Crippen LogP contribution in [0.3, 0.4) is 0 Å². The fourth-order valence-corrected chi connectivity index (χ4v) is 1.73. The van der Waals surface area contributed by atoms with Crippen molar-refractivity contribution >= 4 is 15.9 Å². The molecule has 0 bridgehead atoms. The SMILES string of the molecule is Cc1cc(C(C)(C)CNCBr)ccc1F. The van der Waals surface area contributed by atoms with Crippen molar-refractivity contribution in [2.75, 3.05) is 12.0 Å². The normalized spacial score (nSPS) is 11.8. The first-order valence-corrected chi connectivity index (χ1v) is 6.13. The zero-order valence-electron chi connectivity index (χ0n) is 9.40. The van der Waals surface area contributed by atoms with Crippen LogP contribution in [-0.4, -0.2) is 12.0 Å². The smallest absolute Gasteiger partial charge is 0.126 e. The third kappa shape index (κ3) is 3.28. The Balaban J connectivity index is 2.89. The summed E-state index contributed by atoms with van der Waals surface area (Å²) >= 11 is 3.33. The summed E-state index contributed by atoms with van der Waals surface area (Å²) in [4.78, 5) is 0. The maximum Gasteiger partial charge on any atom is 0.126 e. The van der Waals surface area contributed by atoms with Gasteiger partial charge in [0.2, 0.25) is 0 Å². The first-order valence-electron chi connectivity index (χ1n) is 5.00. The molecule has 1 aromatic rings. The Labute approximate surface area is 99.2 Å². The lowest BCUT2D eigenvalue weighted by atomic mass is 9.84. The van der Waals surface area contributed by atoms with Crippen LogP contribution in [0.1, 0.15) is 25.0 Å². The highest BCUT2D eigenvalue weighted by Gasteiger charge is 2.20. The summed E-state index contributed by atoms with van der Waals surface area (Å²) in [5.41, 5.74) is 2.66. The van der Waals surface area contributed by atoms with Crippen LogP contribution >= 0.6 is 15.9 Å². The first-order chi connectivity index (χ1) is 6.97. The molecule has 0 saturated carbocycles. The second kappa shape index (κ2) is 5.08. The Hall–Kier alpha value is -0.410. The predicted molar refractivity (Wildman–Crippen MR) is 66.0 cm³/mol. The lowest BCUT2D eigenvalue weighted by Crippen LogP contribution is -2.32. The number of nitrogens with one attached hydrogen (secondary N) is 1. The first kappa shape index (κ1) is 12.7. The average molecular weight is 274 g/mol. The molecular weight excluding hydrogens is 257 g/mol. The largest absolute Gasteiger partial charge is 0.306 e. The van der Waals surface area contributed by atoms with Crippen molar-refractivity contribution in [2.45, 2.75) is 26.2 Å². The van der Waals surface area contributed by atoms with Gasteiger partial charge in [-0.3, -0.25) is 0 Å². The molecule has 0 heterocycles. The molecule has 1 N–H and O–H groups in total. The quantitative estimate of drug-likeness (QED) is 0.655. The van der Waals surface area contributed by atoms with E-state index in [0.29, 0.717) is 5.56 Å². The predicted octanol–water partition coefficient (Wildman–Crippen LogP) is 3.35. The molecule has 0 radical (unpaired) electrons. The summed E-state index contributed by atoms with van der Waals surface area (Å²) in [5, 5.41) is 3.24. The van der Waals surface area contributed by atoms with Gasteiger partial charge in [-0.05, 0) is 24.1 Å². The molecule has 0 amide bonds. The monoisotopic (exact) mass is 273 g/mol. The van der Waals surface area contributed by atoms with Gasteiger partial charge in [0, 0.05) is 12.0 Å². The fraction of sp³-hybridized carbons (Fsp3) is 0.500. The van der Waals surface area contributed by atoms with Crippen LogP contribution in [-0.2, 0) is 5.41 Å². The topological polar surface area (TPSA) is 12.0 Å². The highest BCUT2D eigenvalue weighted by Crippen LogP contribution is 2.24. The molecular formula is C12H17BrFN. The second-order valence-electron chi connectivity index (χ2n) is 4.41. The zero-order valence-corrected chi connectivity index (χ0v) is 11.0. The van der Waals surface area contributed by atoms with E-state index in [2.05, 4.69) is 35.1 Å². The average Bonchev–Trinajstić information content (AvgIpc) is 2.19. The van der Waals surface area contributed by atoms with Crippen LogP contribution in [0, 0.1) is 12.7 Å². The van der Waals surface area contributed by atoms with Gasteiger partial charge in [0.05, 0.1) is 5.45 Å². The van der Waals surface area contributed by atoms with E-state index in [4.69, 9.17) is 0 Å². The lowest BCUT2D eigenvalue weighted by molar-refractivity contribution is 0.489. The maximum atomic E-state index is 13.1. The second-order valence-corrected chi connectivity index (χ2v) is 4.97. The molecule has 0 aromatic heterocycles. The van der Waals surface area contributed by atoms with Crippen molar-refractivity contribution in [3.8, 4) is 0 Å². The number of benzene rings is 1. The van der Waals surface area contributed by atoms with Gasteiger partial charge < -0.3 is 5.32 Å². The molecule has 0 atom stereocenters. The standard InChI is InChI=1S/C12H17BrFN/c1-9-6-10(4-5-11(9)14)12(2,3)7-15-8-13/h4-6,15H,7-8H2,1-3H3. The molecule has 0 unspecified atom stereocenters. The molecule has 84 valence electrons. The van der Waals surface area contributed by atoms with Crippen molar-refractivity contribution in [1.82, 2.24) is 5.32 Å². The minimum Gasteiger partial charge on any atom is -0.306 e. The molecule has 1 nitrogen and oxygen atoms in total. The molecule has 0 aliphatic heterocycles. The van der Waals surface area contributed by atoms with Crippen molar-refractivity contribution in [2.24, 2.45) is 0 Å². The Morgan fingerprint density at radius 2 is 2.07 bits per heavy atom. The van der Waals surface area contributed by atoms with Crippen LogP contribution in [0.5, 0.6) is 0 Å². The summed E-state index contributed by atoms with van der Waals surface area (Å²) in [5.74, 6) is -0.136. The van der Waals surface area contributed by atoms with Crippen LogP contribution in [0.15, 0.2) is 18.2 Å². The summed E-state index contributed by atoms with van der Waals surface area (Å²) in [6.45, 7) is 6.96. The van der Waals surface area contributed by atoms with Gasteiger partial charge in [0.25, 0.3) is 0 Å². The molecule has 15 heavy (non-hydrogen) atoms. The third-order valence-corrected chi connectivity index (χ3v) is 3.00. The minimum absolute atomic E-state index is 0.0201. The van der Waals surface area contributed by atoms with Crippen LogP contribution in [0.25, 0.3) is 0 Å². The van der Waals surface area contributed by atoms with Gasteiger partial charge in [-0.15, -0.1) is 0 Å². The van der Waals surface area contributed by atoms with E-state index in [-0.39, 0.29) is 11.2 Å². The van der Waals surface area contributed by atoms with E-state index in [1.54, 1.807) is 13.0 Å². The summed E-state index contributed by atoms with van der Waals surface area (Å²) < 4.78 is 13.1.